The predicted molar refractivity (Wildman–Crippen MR) is 162 cm³/mol. The summed E-state index contributed by atoms with van der Waals surface area (Å²) < 4.78 is 107. The number of amides is 1. The second-order valence-corrected chi connectivity index (χ2v) is 12.9. The van der Waals surface area contributed by atoms with Crippen molar-refractivity contribution >= 4 is 17.6 Å². The van der Waals surface area contributed by atoms with Gasteiger partial charge in [-0.05, 0) is 108 Å². The highest BCUT2D eigenvalue weighted by atomic mass is 19.4. The first-order chi connectivity index (χ1) is 22.3. The Morgan fingerprint density at radius 1 is 0.979 bits per heavy atom. The molecule has 3 aromatic rings. The molecule has 0 spiro atoms. The third-order valence-corrected chi connectivity index (χ3v) is 8.88. The number of rotatable bonds is 7. The molecule has 256 valence electrons. The summed E-state index contributed by atoms with van der Waals surface area (Å²) in [5, 5.41) is 9.24. The highest BCUT2D eigenvalue weighted by Gasteiger charge is 2.44. The zero-order valence-corrected chi connectivity index (χ0v) is 26.4. The normalized spacial score (nSPS) is 19.8. The molecule has 0 unspecified atom stereocenters. The van der Waals surface area contributed by atoms with Crippen molar-refractivity contribution in [1.82, 2.24) is 4.90 Å². The SMILES string of the molecule is COc1cc(C2=C(CN3C(=O)O[C@H](c4cc(C(F)(F)F)cc(C(F)(F)F)c4)[C@@H]3C)CC(C)(C)CC2)cc(-c2ccc(C(=O)O)cc2F)c1. The first-order valence-corrected chi connectivity index (χ1v) is 15.0. The Bertz CT molecular complexity index is 1760. The fourth-order valence-corrected chi connectivity index (χ4v) is 6.35. The van der Waals surface area contributed by atoms with E-state index >= 15 is 4.39 Å². The number of carboxylic acid groups (broad SMARTS) is 1. The van der Waals surface area contributed by atoms with Crippen LogP contribution in [0.2, 0.25) is 0 Å². The monoisotopic (exact) mass is 679 g/mol. The van der Waals surface area contributed by atoms with Gasteiger partial charge >= 0.3 is 24.4 Å². The number of carbonyl (C=O) groups is 2. The van der Waals surface area contributed by atoms with Crippen LogP contribution >= 0.6 is 0 Å². The van der Waals surface area contributed by atoms with Crippen molar-refractivity contribution in [1.29, 1.82) is 0 Å². The van der Waals surface area contributed by atoms with Crippen LogP contribution in [0.3, 0.4) is 0 Å². The average molecular weight is 680 g/mol. The third kappa shape index (κ3) is 7.14. The van der Waals surface area contributed by atoms with Gasteiger partial charge in [0, 0.05) is 12.1 Å². The largest absolute Gasteiger partial charge is 0.497 e. The lowest BCUT2D eigenvalue weighted by Gasteiger charge is -2.35. The Morgan fingerprint density at radius 2 is 1.60 bits per heavy atom. The van der Waals surface area contributed by atoms with Crippen LogP contribution < -0.4 is 4.74 Å². The van der Waals surface area contributed by atoms with Gasteiger partial charge in [0.1, 0.15) is 17.7 Å². The van der Waals surface area contributed by atoms with Crippen LogP contribution in [-0.4, -0.2) is 41.8 Å². The minimum Gasteiger partial charge on any atom is -0.497 e. The number of allylic oxidation sites excluding steroid dienone is 1. The molecule has 1 fully saturated rings. The lowest BCUT2D eigenvalue weighted by atomic mass is 9.72. The van der Waals surface area contributed by atoms with Gasteiger partial charge in [-0.15, -0.1) is 0 Å². The molecule has 5 rings (SSSR count). The second-order valence-electron chi connectivity index (χ2n) is 12.9. The van der Waals surface area contributed by atoms with Gasteiger partial charge in [0.25, 0.3) is 0 Å². The predicted octanol–water partition coefficient (Wildman–Crippen LogP) is 9.78. The van der Waals surface area contributed by atoms with E-state index in [1.54, 1.807) is 18.2 Å². The van der Waals surface area contributed by atoms with Crippen molar-refractivity contribution in [2.75, 3.05) is 13.7 Å². The van der Waals surface area contributed by atoms with Crippen molar-refractivity contribution in [2.45, 2.75) is 64.5 Å². The number of hydrogen-bond acceptors (Lipinski definition) is 4. The number of cyclic esters (lactones) is 1. The van der Waals surface area contributed by atoms with Crippen molar-refractivity contribution in [3.05, 3.63) is 93.8 Å². The number of carboxylic acids is 1. The molecule has 0 bridgehead atoms. The summed E-state index contributed by atoms with van der Waals surface area (Å²) in [5.41, 5.74) is -1.06. The highest BCUT2D eigenvalue weighted by Crippen LogP contribution is 2.46. The summed E-state index contributed by atoms with van der Waals surface area (Å²) >= 11 is 0. The molecule has 2 atom stereocenters. The van der Waals surface area contributed by atoms with Gasteiger partial charge in [-0.1, -0.05) is 19.9 Å². The van der Waals surface area contributed by atoms with Gasteiger partial charge in [-0.25, -0.2) is 14.0 Å². The Balaban J connectivity index is 1.54. The topological polar surface area (TPSA) is 76.1 Å². The van der Waals surface area contributed by atoms with Gasteiger partial charge in [-0.2, -0.15) is 26.3 Å². The maximum absolute atomic E-state index is 15.1. The first-order valence-electron chi connectivity index (χ1n) is 15.0. The van der Waals surface area contributed by atoms with E-state index in [1.165, 1.54) is 31.1 Å². The molecule has 1 heterocycles. The minimum absolute atomic E-state index is 0.0193. The van der Waals surface area contributed by atoms with Crippen molar-refractivity contribution in [3.8, 4) is 16.9 Å². The molecule has 1 N–H and O–H groups in total. The molecule has 0 saturated carbocycles. The molecule has 1 saturated heterocycles. The van der Waals surface area contributed by atoms with Crippen LogP contribution in [0, 0.1) is 11.2 Å². The van der Waals surface area contributed by atoms with Crippen LogP contribution in [-0.2, 0) is 17.1 Å². The van der Waals surface area contributed by atoms with E-state index in [1.807, 2.05) is 13.8 Å². The quantitative estimate of drug-likeness (QED) is 0.252. The van der Waals surface area contributed by atoms with Gasteiger partial charge in [0.2, 0.25) is 0 Å². The number of aromatic carboxylic acids is 1. The van der Waals surface area contributed by atoms with Crippen LogP contribution in [0.25, 0.3) is 16.7 Å². The van der Waals surface area contributed by atoms with Gasteiger partial charge in [0.15, 0.2) is 0 Å². The van der Waals surface area contributed by atoms with Crippen molar-refractivity contribution in [2.24, 2.45) is 5.41 Å². The van der Waals surface area contributed by atoms with E-state index in [9.17, 15) is 41.0 Å². The molecule has 1 amide bonds. The zero-order valence-electron chi connectivity index (χ0n) is 26.4. The number of methoxy groups -OCH3 is 1. The molecular weight excluding hydrogens is 647 g/mol. The molecule has 1 aliphatic heterocycles. The maximum atomic E-state index is 15.1. The summed E-state index contributed by atoms with van der Waals surface area (Å²) in [7, 11) is 1.44. The van der Waals surface area contributed by atoms with Crippen molar-refractivity contribution in [3.63, 3.8) is 0 Å². The van der Waals surface area contributed by atoms with E-state index in [0.717, 1.165) is 23.6 Å². The fraction of sp³-hybridized carbons (Fsp3) is 0.371. The van der Waals surface area contributed by atoms with Crippen molar-refractivity contribution < 1.29 is 54.9 Å². The minimum atomic E-state index is -5.06. The number of hydrogen-bond donors (Lipinski definition) is 1. The summed E-state index contributed by atoms with van der Waals surface area (Å²) in [6, 6.07) is 8.88. The summed E-state index contributed by atoms with van der Waals surface area (Å²) in [6.45, 7) is 5.56. The summed E-state index contributed by atoms with van der Waals surface area (Å²) in [6.07, 6.45) is -10.6. The van der Waals surface area contributed by atoms with Crippen LogP contribution in [0.1, 0.15) is 78.7 Å². The third-order valence-electron chi connectivity index (χ3n) is 8.88. The molecule has 1 aliphatic carbocycles. The number of ether oxygens (including phenoxy) is 2. The molecule has 0 radical (unpaired) electrons. The average Bonchev–Trinajstić information content (AvgIpc) is 3.27. The Morgan fingerprint density at radius 3 is 2.17 bits per heavy atom. The second kappa shape index (κ2) is 12.5. The Hall–Kier alpha value is -4.55. The maximum Gasteiger partial charge on any atom is 0.416 e. The van der Waals surface area contributed by atoms with E-state index in [0.29, 0.717) is 41.9 Å². The molecule has 48 heavy (non-hydrogen) atoms. The Kier molecular flexibility index (Phi) is 9.04. The number of carbonyl (C=O) groups excluding carboxylic acids is 1. The number of benzene rings is 3. The van der Waals surface area contributed by atoms with Crippen LogP contribution in [0.15, 0.2) is 60.2 Å². The number of halogens is 7. The number of nitrogens with zero attached hydrogens (tertiary/aromatic N) is 1. The van der Waals surface area contributed by atoms with E-state index in [2.05, 4.69) is 0 Å². The standard InChI is InChI=1S/C35H32F7NO5/c1-18-30(22-10-24(34(37,38)39)15-25(11-22)35(40,41)42)48-32(46)43(18)17-23-16-33(2,3)8-7-27(23)20-9-21(13-26(12-20)47-4)28-6-5-19(31(44)45)14-29(28)36/h5-6,9-15,18,30H,7-8,16-17H2,1-4H3,(H,44,45)/t18-,30-/m0/s1. The fourth-order valence-electron chi connectivity index (χ4n) is 6.35. The molecular formula is C35H32F7NO5. The molecule has 2 aliphatic rings. The molecule has 3 aromatic carbocycles. The van der Waals surface area contributed by atoms with Gasteiger partial charge in [0.05, 0.1) is 29.8 Å². The molecule has 6 nitrogen and oxygen atoms in total. The van der Waals surface area contributed by atoms with E-state index in [4.69, 9.17) is 9.47 Å². The molecule has 0 aromatic heterocycles. The first kappa shape index (κ1) is 34.8. The summed E-state index contributed by atoms with van der Waals surface area (Å²) in [4.78, 5) is 25.8. The lowest BCUT2D eigenvalue weighted by Crippen LogP contribution is -2.35. The highest BCUT2D eigenvalue weighted by molar-refractivity contribution is 5.88. The van der Waals surface area contributed by atoms with Gasteiger partial charge < -0.3 is 14.6 Å². The van der Waals surface area contributed by atoms with E-state index < -0.39 is 59.1 Å². The van der Waals surface area contributed by atoms with Crippen LogP contribution in [0.4, 0.5) is 35.5 Å². The van der Waals surface area contributed by atoms with E-state index in [-0.39, 0.29) is 29.2 Å². The van der Waals surface area contributed by atoms with Crippen LogP contribution in [0.5, 0.6) is 5.75 Å². The summed E-state index contributed by atoms with van der Waals surface area (Å²) in [5.74, 6) is -1.65. The number of alkyl halides is 6. The smallest absolute Gasteiger partial charge is 0.416 e. The lowest BCUT2D eigenvalue weighted by molar-refractivity contribution is -0.143. The molecule has 13 heteroatoms. The van der Waals surface area contributed by atoms with Gasteiger partial charge in [-0.3, -0.25) is 4.90 Å². The Labute approximate surface area is 271 Å². The zero-order chi connectivity index (χ0) is 35.3.